The molecule has 72 valence electrons. The quantitative estimate of drug-likeness (QED) is 0.624. The van der Waals surface area contributed by atoms with E-state index >= 15 is 0 Å². The predicted molar refractivity (Wildman–Crippen MR) is 45.9 cm³/mol. The van der Waals surface area contributed by atoms with Crippen LogP contribution in [0, 0.1) is 0 Å². The number of amides is 1. The van der Waals surface area contributed by atoms with Crippen LogP contribution in [0.3, 0.4) is 0 Å². The van der Waals surface area contributed by atoms with Gasteiger partial charge in [-0.1, -0.05) is 0 Å². The van der Waals surface area contributed by atoms with E-state index in [1.165, 1.54) is 7.11 Å². The van der Waals surface area contributed by atoms with Gasteiger partial charge in [-0.3, -0.25) is 0 Å². The van der Waals surface area contributed by atoms with Crippen molar-refractivity contribution >= 4 is 6.09 Å². The topological polar surface area (TPSA) is 58.6 Å². The van der Waals surface area contributed by atoms with Gasteiger partial charge in [0.05, 0.1) is 12.7 Å². The number of methoxy groups -OCH3 is 1. The van der Waals surface area contributed by atoms with Crippen LogP contribution in [0.25, 0.3) is 0 Å². The van der Waals surface area contributed by atoms with E-state index in [0.29, 0.717) is 13.0 Å². The molecule has 0 saturated heterocycles. The lowest BCUT2D eigenvalue weighted by Gasteiger charge is -2.16. The van der Waals surface area contributed by atoms with Gasteiger partial charge in [0, 0.05) is 6.54 Å². The summed E-state index contributed by atoms with van der Waals surface area (Å²) in [6, 6.07) is 0. The summed E-state index contributed by atoms with van der Waals surface area (Å²) < 4.78 is 4.37. The zero-order chi connectivity index (χ0) is 9.61. The number of nitrogens with one attached hydrogen (secondary N) is 1. The summed E-state index contributed by atoms with van der Waals surface area (Å²) >= 11 is 0. The Morgan fingerprint density at radius 3 is 2.58 bits per heavy atom. The number of rotatable bonds is 4. The molecular formula is C8H17NO3. The maximum atomic E-state index is 10.5. The van der Waals surface area contributed by atoms with Crippen LogP contribution in [0.1, 0.15) is 26.7 Å². The molecule has 0 atom stereocenters. The van der Waals surface area contributed by atoms with Crippen molar-refractivity contribution in [2.75, 3.05) is 13.7 Å². The maximum Gasteiger partial charge on any atom is 0.406 e. The molecule has 0 radical (unpaired) electrons. The second-order valence-corrected chi connectivity index (χ2v) is 3.33. The minimum Gasteiger partial charge on any atom is -0.453 e. The fraction of sp³-hybridized carbons (Fsp3) is 0.875. The summed E-state index contributed by atoms with van der Waals surface area (Å²) in [7, 11) is 1.32. The van der Waals surface area contributed by atoms with Gasteiger partial charge in [0.15, 0.2) is 0 Å². The molecule has 0 aliphatic carbocycles. The zero-order valence-corrected chi connectivity index (χ0v) is 7.89. The number of carbonyl (C=O) groups is 1. The van der Waals surface area contributed by atoms with E-state index in [9.17, 15) is 9.90 Å². The van der Waals surface area contributed by atoms with Crippen LogP contribution in [0.2, 0.25) is 0 Å². The van der Waals surface area contributed by atoms with Gasteiger partial charge in [0.1, 0.15) is 0 Å². The highest BCUT2D eigenvalue weighted by molar-refractivity contribution is 5.66. The van der Waals surface area contributed by atoms with Gasteiger partial charge in [-0.25, -0.2) is 4.79 Å². The Bertz CT molecular complexity index is 140. The molecule has 12 heavy (non-hydrogen) atoms. The van der Waals surface area contributed by atoms with Crippen molar-refractivity contribution in [2.24, 2.45) is 0 Å². The summed E-state index contributed by atoms with van der Waals surface area (Å²) in [5.41, 5.74) is -0.655. The number of alkyl carbamates (subject to hydrolysis) is 1. The van der Waals surface area contributed by atoms with E-state index in [-0.39, 0.29) is 0 Å². The van der Waals surface area contributed by atoms with E-state index in [1.54, 1.807) is 13.8 Å². The standard InChI is InChI=1S/C8H17NO3/c1-8(2,11)5-4-6-9-7(10)12-3/h11H,4-6H2,1-3H3,(H,9,10). The van der Waals surface area contributed by atoms with Gasteiger partial charge < -0.3 is 15.2 Å². The first-order valence-corrected chi connectivity index (χ1v) is 4.00. The first-order valence-electron chi connectivity index (χ1n) is 4.00. The van der Waals surface area contributed by atoms with Gasteiger partial charge in [0.2, 0.25) is 0 Å². The zero-order valence-electron chi connectivity index (χ0n) is 7.89. The Balaban J connectivity index is 3.28. The molecule has 0 rings (SSSR count). The number of aliphatic hydroxyl groups is 1. The van der Waals surface area contributed by atoms with Gasteiger partial charge in [-0.2, -0.15) is 0 Å². The van der Waals surface area contributed by atoms with Crippen molar-refractivity contribution in [3.63, 3.8) is 0 Å². The average molecular weight is 175 g/mol. The highest BCUT2D eigenvalue weighted by Gasteiger charge is 2.11. The SMILES string of the molecule is COC(=O)NCCCC(C)(C)O. The van der Waals surface area contributed by atoms with Crippen molar-refractivity contribution in [1.82, 2.24) is 5.32 Å². The van der Waals surface area contributed by atoms with Gasteiger partial charge in [-0.05, 0) is 26.7 Å². The van der Waals surface area contributed by atoms with Crippen molar-refractivity contribution in [2.45, 2.75) is 32.3 Å². The summed E-state index contributed by atoms with van der Waals surface area (Å²) in [5, 5.41) is 11.8. The van der Waals surface area contributed by atoms with E-state index in [2.05, 4.69) is 10.1 Å². The van der Waals surface area contributed by atoms with Gasteiger partial charge in [-0.15, -0.1) is 0 Å². The van der Waals surface area contributed by atoms with Crippen LogP contribution in [-0.2, 0) is 4.74 Å². The lowest BCUT2D eigenvalue weighted by molar-refractivity contribution is 0.0686. The minimum atomic E-state index is -0.655. The molecule has 0 heterocycles. The van der Waals surface area contributed by atoms with Crippen LogP contribution in [0.5, 0.6) is 0 Å². The number of ether oxygens (including phenoxy) is 1. The van der Waals surface area contributed by atoms with Crippen molar-refractivity contribution in [3.05, 3.63) is 0 Å². The number of carbonyl (C=O) groups excluding carboxylic acids is 1. The third-order valence-corrected chi connectivity index (χ3v) is 1.42. The third kappa shape index (κ3) is 7.34. The second-order valence-electron chi connectivity index (χ2n) is 3.33. The summed E-state index contributed by atoms with van der Waals surface area (Å²) in [6.07, 6.45) is 0.987. The van der Waals surface area contributed by atoms with Crippen LogP contribution in [0.4, 0.5) is 4.79 Å². The Morgan fingerprint density at radius 1 is 1.58 bits per heavy atom. The molecule has 1 amide bonds. The second kappa shape index (κ2) is 4.98. The van der Waals surface area contributed by atoms with Crippen molar-refractivity contribution < 1.29 is 14.6 Å². The molecule has 0 aliphatic rings. The molecular weight excluding hydrogens is 158 g/mol. The maximum absolute atomic E-state index is 10.5. The molecule has 2 N–H and O–H groups in total. The van der Waals surface area contributed by atoms with E-state index in [1.807, 2.05) is 0 Å². The Kier molecular flexibility index (Phi) is 4.66. The average Bonchev–Trinajstić information content (AvgIpc) is 1.96. The molecule has 0 bridgehead atoms. The number of hydrogen-bond donors (Lipinski definition) is 2. The van der Waals surface area contributed by atoms with Crippen LogP contribution < -0.4 is 5.32 Å². The normalized spacial score (nSPS) is 11.0. The van der Waals surface area contributed by atoms with Crippen LogP contribution >= 0.6 is 0 Å². The van der Waals surface area contributed by atoms with Crippen molar-refractivity contribution in [1.29, 1.82) is 0 Å². The first kappa shape index (κ1) is 11.2. The molecule has 0 aliphatic heterocycles. The Hall–Kier alpha value is -0.770. The molecule has 4 heteroatoms. The number of hydrogen-bond acceptors (Lipinski definition) is 3. The minimum absolute atomic E-state index is 0.425. The van der Waals surface area contributed by atoms with Gasteiger partial charge in [0.25, 0.3) is 0 Å². The monoisotopic (exact) mass is 175 g/mol. The molecule has 0 aromatic heterocycles. The molecule has 0 saturated carbocycles. The van der Waals surface area contributed by atoms with E-state index < -0.39 is 11.7 Å². The molecule has 0 fully saturated rings. The highest BCUT2D eigenvalue weighted by atomic mass is 16.5. The largest absolute Gasteiger partial charge is 0.453 e. The van der Waals surface area contributed by atoms with Gasteiger partial charge >= 0.3 is 6.09 Å². The Labute approximate surface area is 72.9 Å². The molecule has 0 unspecified atom stereocenters. The third-order valence-electron chi connectivity index (χ3n) is 1.42. The first-order chi connectivity index (χ1) is 5.45. The fourth-order valence-corrected chi connectivity index (χ4v) is 0.784. The summed E-state index contributed by atoms with van der Waals surface area (Å²) in [4.78, 5) is 10.5. The molecule has 4 nitrogen and oxygen atoms in total. The molecule has 0 spiro atoms. The highest BCUT2D eigenvalue weighted by Crippen LogP contribution is 2.08. The summed E-state index contributed by atoms with van der Waals surface area (Å²) in [6.45, 7) is 4.02. The molecule has 0 aromatic rings. The van der Waals surface area contributed by atoms with Crippen LogP contribution in [0.15, 0.2) is 0 Å². The van der Waals surface area contributed by atoms with E-state index in [0.717, 1.165) is 6.42 Å². The lowest BCUT2D eigenvalue weighted by atomic mass is 10.0. The smallest absolute Gasteiger partial charge is 0.406 e. The summed E-state index contributed by atoms with van der Waals surface area (Å²) in [5.74, 6) is 0. The predicted octanol–water partition coefficient (Wildman–Crippen LogP) is 0.893. The van der Waals surface area contributed by atoms with Crippen molar-refractivity contribution in [3.8, 4) is 0 Å². The van der Waals surface area contributed by atoms with E-state index in [4.69, 9.17) is 0 Å². The molecule has 0 aromatic carbocycles. The van der Waals surface area contributed by atoms with Crippen LogP contribution in [-0.4, -0.2) is 30.5 Å². The Morgan fingerprint density at radius 2 is 2.17 bits per heavy atom. The lowest BCUT2D eigenvalue weighted by Crippen LogP contribution is -2.26. The fourth-order valence-electron chi connectivity index (χ4n) is 0.784.